The number of nitrogens with zero attached hydrogens (tertiary/aromatic N) is 3. The zero-order valence-electron chi connectivity index (χ0n) is 24.1. The van der Waals surface area contributed by atoms with Crippen LogP contribution >= 0.6 is 0 Å². The minimum Gasteiger partial charge on any atom is -0.461 e. The maximum atomic E-state index is 13.9. The summed E-state index contributed by atoms with van der Waals surface area (Å²) >= 11 is 0. The lowest BCUT2D eigenvalue weighted by Crippen LogP contribution is -2.45. The Labute approximate surface area is 248 Å². The quantitative estimate of drug-likeness (QED) is 0.227. The van der Waals surface area contributed by atoms with Crippen LogP contribution < -0.4 is 10.6 Å². The molecule has 224 valence electrons. The summed E-state index contributed by atoms with van der Waals surface area (Å²) in [5.74, 6) is -0.132. The predicted molar refractivity (Wildman–Crippen MR) is 162 cm³/mol. The Hall–Kier alpha value is -4.67. The zero-order chi connectivity index (χ0) is 29.9. The van der Waals surface area contributed by atoms with Crippen molar-refractivity contribution in [2.45, 2.75) is 51.5 Å². The predicted octanol–water partition coefficient (Wildman–Crippen LogP) is 4.49. The molecule has 2 aliphatic rings. The number of hydrogen-bond donors (Lipinski definition) is 3. The second kappa shape index (κ2) is 12.3. The van der Waals surface area contributed by atoms with Gasteiger partial charge in [0.25, 0.3) is 0 Å². The van der Waals surface area contributed by atoms with E-state index < -0.39 is 6.04 Å². The molecule has 11 heteroatoms. The van der Waals surface area contributed by atoms with Crippen LogP contribution in [0.4, 0.5) is 10.1 Å². The van der Waals surface area contributed by atoms with Crippen molar-refractivity contribution in [1.29, 1.82) is 0 Å². The summed E-state index contributed by atoms with van der Waals surface area (Å²) in [4.78, 5) is 51.0. The Balaban J connectivity index is 1.25. The fourth-order valence-electron chi connectivity index (χ4n) is 5.88. The van der Waals surface area contributed by atoms with Crippen LogP contribution in [-0.2, 0) is 20.8 Å². The average Bonchev–Trinajstić information content (AvgIpc) is 3.71. The average molecular weight is 587 g/mol. The van der Waals surface area contributed by atoms with Crippen LogP contribution in [0.2, 0.25) is 0 Å². The number of carbonyl (C=O) groups is 3. The van der Waals surface area contributed by atoms with Gasteiger partial charge in [0.1, 0.15) is 23.2 Å². The third-order valence-corrected chi connectivity index (χ3v) is 8.06. The molecule has 10 nitrogen and oxygen atoms in total. The summed E-state index contributed by atoms with van der Waals surface area (Å²) < 4.78 is 19.6. The lowest BCUT2D eigenvalue weighted by molar-refractivity contribution is -0.140. The molecule has 2 saturated heterocycles. The highest BCUT2D eigenvalue weighted by Crippen LogP contribution is 2.24. The molecule has 0 radical (unpaired) electrons. The number of carbonyl (C=O) groups excluding carboxylic acids is 3. The van der Waals surface area contributed by atoms with E-state index in [1.807, 2.05) is 36.1 Å². The number of fused-ring (bicyclic) bond motifs is 2. The smallest absolute Gasteiger partial charge is 0.247 e. The number of amides is 3. The second-order valence-electron chi connectivity index (χ2n) is 11.3. The van der Waals surface area contributed by atoms with Gasteiger partial charge in [-0.15, -0.1) is 0 Å². The molecule has 2 aliphatic heterocycles. The molecule has 0 bridgehead atoms. The summed E-state index contributed by atoms with van der Waals surface area (Å²) in [5.41, 5.74) is 2.75. The van der Waals surface area contributed by atoms with Crippen LogP contribution in [0, 0.1) is 12.7 Å². The number of hydrogen-bond acceptors (Lipinski definition) is 5. The number of aromatic amines is 1. The van der Waals surface area contributed by atoms with Gasteiger partial charge < -0.3 is 24.5 Å². The van der Waals surface area contributed by atoms with Gasteiger partial charge in [0.2, 0.25) is 23.7 Å². The molecule has 43 heavy (non-hydrogen) atoms. The Morgan fingerprint density at radius 1 is 1.07 bits per heavy atom. The number of halogens is 1. The van der Waals surface area contributed by atoms with Gasteiger partial charge >= 0.3 is 0 Å². The Morgan fingerprint density at radius 3 is 2.72 bits per heavy atom. The van der Waals surface area contributed by atoms with Crippen LogP contribution in [0.15, 0.2) is 58.1 Å². The van der Waals surface area contributed by atoms with Crippen molar-refractivity contribution in [3.8, 4) is 0 Å². The van der Waals surface area contributed by atoms with Crippen molar-refractivity contribution in [3.05, 3.63) is 65.8 Å². The largest absolute Gasteiger partial charge is 0.461 e. The van der Waals surface area contributed by atoms with Crippen LogP contribution in [0.25, 0.3) is 21.9 Å². The minimum atomic E-state index is -0.765. The number of aliphatic imine (C=N–C) groups is 1. The first-order valence-electron chi connectivity index (χ1n) is 14.8. The first-order chi connectivity index (χ1) is 20.8. The van der Waals surface area contributed by atoms with Gasteiger partial charge in [-0.05, 0) is 87.1 Å². The van der Waals surface area contributed by atoms with Crippen LogP contribution in [0.3, 0.4) is 0 Å². The molecule has 4 aromatic rings. The maximum absolute atomic E-state index is 13.9. The molecular formula is C32H35FN6O4. The lowest BCUT2D eigenvalue weighted by atomic mass is 10.1. The summed E-state index contributed by atoms with van der Waals surface area (Å²) in [7, 11) is 0. The van der Waals surface area contributed by atoms with E-state index in [0.29, 0.717) is 29.6 Å². The number of anilines is 1. The normalized spacial score (nSPS) is 18.0. The lowest BCUT2D eigenvalue weighted by Gasteiger charge is -2.25. The van der Waals surface area contributed by atoms with Gasteiger partial charge in [0.15, 0.2) is 0 Å². The molecule has 6 rings (SSSR count). The fourth-order valence-corrected chi connectivity index (χ4v) is 5.88. The molecule has 1 atom stereocenters. The van der Waals surface area contributed by atoms with E-state index >= 15 is 0 Å². The number of rotatable bonds is 6. The first kappa shape index (κ1) is 28.4. The van der Waals surface area contributed by atoms with Gasteiger partial charge in [-0.1, -0.05) is 0 Å². The Bertz CT molecular complexity index is 1700. The molecule has 3 N–H and O–H groups in total. The number of likely N-dealkylation sites (tertiary alicyclic amines) is 2. The van der Waals surface area contributed by atoms with Gasteiger partial charge in [-0.25, -0.2) is 9.38 Å². The number of aryl methyl sites for hydroxylation is 1. The van der Waals surface area contributed by atoms with Crippen molar-refractivity contribution in [2.24, 2.45) is 4.99 Å². The standard InChI is InChI=1S/C32H35FN6O4/c1-20-14-21-15-24(8-10-28(21)43-20)35-32(37-29(40)16-22-18-34-26-9-7-23(33)17-25(22)26)36-27-6-2-3-13-39(31(27)42)19-30(41)38-11-4-5-12-38/h7-10,14-15,17-18,27,34H,2-6,11-13,16,19H2,1H3,(H2,35,36,37,40). The highest BCUT2D eigenvalue weighted by Gasteiger charge is 2.30. The van der Waals surface area contributed by atoms with Crippen LogP contribution in [0.1, 0.15) is 43.4 Å². The van der Waals surface area contributed by atoms with E-state index in [9.17, 15) is 18.8 Å². The molecule has 0 spiro atoms. The Morgan fingerprint density at radius 2 is 1.88 bits per heavy atom. The van der Waals surface area contributed by atoms with Crippen molar-refractivity contribution in [2.75, 3.05) is 31.5 Å². The van der Waals surface area contributed by atoms with E-state index in [1.54, 1.807) is 17.2 Å². The number of nitrogens with one attached hydrogen (secondary N) is 3. The Kier molecular flexibility index (Phi) is 8.13. The topological polar surface area (TPSA) is 123 Å². The van der Waals surface area contributed by atoms with Crippen LogP contribution in [0.5, 0.6) is 0 Å². The number of furan rings is 1. The van der Waals surface area contributed by atoms with Gasteiger partial charge in [0.05, 0.1) is 13.0 Å². The van der Waals surface area contributed by atoms with Crippen LogP contribution in [-0.4, -0.2) is 70.7 Å². The number of guanidine groups is 1. The third kappa shape index (κ3) is 6.55. The maximum Gasteiger partial charge on any atom is 0.247 e. The third-order valence-electron chi connectivity index (χ3n) is 8.06. The molecule has 0 saturated carbocycles. The number of benzene rings is 2. The molecular weight excluding hydrogens is 551 g/mol. The van der Waals surface area contributed by atoms with E-state index in [4.69, 9.17) is 9.41 Å². The second-order valence-corrected chi connectivity index (χ2v) is 11.3. The van der Waals surface area contributed by atoms with Crippen molar-refractivity contribution >= 4 is 51.2 Å². The van der Waals surface area contributed by atoms with E-state index in [1.165, 1.54) is 12.1 Å². The summed E-state index contributed by atoms with van der Waals surface area (Å²) in [5, 5.41) is 7.54. The first-order valence-corrected chi connectivity index (χ1v) is 14.8. The molecule has 1 unspecified atom stereocenters. The highest BCUT2D eigenvalue weighted by molar-refractivity contribution is 6.07. The summed E-state index contributed by atoms with van der Waals surface area (Å²) in [6, 6.07) is 11.1. The van der Waals surface area contributed by atoms with Gasteiger partial charge in [-0.3, -0.25) is 19.7 Å². The molecule has 2 fully saturated rings. The zero-order valence-corrected chi connectivity index (χ0v) is 24.1. The fraction of sp³-hybridized carbons (Fsp3) is 0.375. The van der Waals surface area contributed by atoms with E-state index in [0.717, 1.165) is 61.0 Å². The molecule has 4 heterocycles. The monoisotopic (exact) mass is 586 g/mol. The molecule has 2 aromatic carbocycles. The minimum absolute atomic E-state index is 0.0286. The summed E-state index contributed by atoms with van der Waals surface area (Å²) in [6.45, 7) is 3.85. The number of H-pyrrole nitrogens is 1. The van der Waals surface area contributed by atoms with Crippen molar-refractivity contribution in [1.82, 2.24) is 20.1 Å². The van der Waals surface area contributed by atoms with Crippen molar-refractivity contribution in [3.63, 3.8) is 0 Å². The van der Waals surface area contributed by atoms with E-state index in [-0.39, 0.29) is 42.5 Å². The SMILES string of the molecule is Cc1cc2cc(NC(=NC3CCCCN(CC(=O)N4CCCC4)C3=O)NC(=O)Cc3c[nH]c4ccc(F)cc34)ccc2o1. The molecule has 3 amide bonds. The summed E-state index contributed by atoms with van der Waals surface area (Å²) in [6.07, 6.45) is 5.66. The van der Waals surface area contributed by atoms with Gasteiger partial charge in [-0.2, -0.15) is 0 Å². The van der Waals surface area contributed by atoms with E-state index in [2.05, 4.69) is 15.6 Å². The highest BCUT2D eigenvalue weighted by atomic mass is 19.1. The molecule has 2 aromatic heterocycles. The molecule has 0 aliphatic carbocycles. The van der Waals surface area contributed by atoms with Gasteiger partial charge in [0, 0.05) is 47.8 Å². The van der Waals surface area contributed by atoms with Crippen molar-refractivity contribution < 1.29 is 23.2 Å². The number of aromatic nitrogens is 1.